The number of rotatable bonds is 6. The number of likely N-dealkylation sites (tertiary alicyclic amines) is 1. The first-order valence-corrected chi connectivity index (χ1v) is 13.5. The maximum absolute atomic E-state index is 15.0. The van der Waals surface area contributed by atoms with E-state index in [0.717, 1.165) is 31.4 Å². The number of methoxy groups -OCH3 is 1. The molecule has 4 heterocycles. The smallest absolute Gasteiger partial charge is 0.410 e. The summed E-state index contributed by atoms with van der Waals surface area (Å²) in [5, 5.41) is 19.0. The number of amides is 1. The standard InChI is InChI=1S/C28H37FN6O4/c1-27(2,3)39-26(36)34-13-7-8-17(15-34)30-25-18(29)11-12-19(31-25)23-24(28(4,5)37)32-21-14-20(38-6)22(16-9-10-16)33-35(21)23/h11-12,14,16-17,37H,7-10,13,15H2,1-6H3,(H,30,31). The van der Waals surface area contributed by atoms with Crippen LogP contribution in [0.2, 0.25) is 0 Å². The predicted molar refractivity (Wildman–Crippen MR) is 144 cm³/mol. The minimum absolute atomic E-state index is 0.0658. The fraction of sp³-hybridized carbons (Fsp3) is 0.571. The molecule has 5 rings (SSSR count). The molecule has 0 bridgehead atoms. The first-order valence-electron chi connectivity index (χ1n) is 13.5. The molecule has 0 aromatic carbocycles. The highest BCUT2D eigenvalue weighted by atomic mass is 19.1. The van der Waals surface area contributed by atoms with Crippen LogP contribution >= 0.6 is 0 Å². The number of nitrogens with zero attached hydrogens (tertiary/aromatic N) is 5. The molecule has 3 aromatic heterocycles. The molecule has 2 fully saturated rings. The van der Waals surface area contributed by atoms with Gasteiger partial charge in [0.05, 0.1) is 12.8 Å². The van der Waals surface area contributed by atoms with E-state index in [4.69, 9.17) is 14.6 Å². The second kappa shape index (κ2) is 9.93. The third kappa shape index (κ3) is 5.78. The number of aromatic nitrogens is 4. The quantitative estimate of drug-likeness (QED) is 0.456. The van der Waals surface area contributed by atoms with Gasteiger partial charge in [-0.3, -0.25) is 0 Å². The van der Waals surface area contributed by atoms with Gasteiger partial charge in [-0.25, -0.2) is 23.7 Å². The third-order valence-corrected chi connectivity index (χ3v) is 6.87. The van der Waals surface area contributed by atoms with Crippen LogP contribution in [-0.2, 0) is 10.3 Å². The van der Waals surface area contributed by atoms with Gasteiger partial charge in [0.1, 0.15) is 34.0 Å². The summed E-state index contributed by atoms with van der Waals surface area (Å²) in [7, 11) is 1.61. The molecule has 1 saturated heterocycles. The lowest BCUT2D eigenvalue weighted by Crippen LogP contribution is -2.47. The van der Waals surface area contributed by atoms with Crippen LogP contribution in [0.5, 0.6) is 5.75 Å². The van der Waals surface area contributed by atoms with E-state index in [1.807, 2.05) is 26.8 Å². The first kappa shape index (κ1) is 27.1. The Hall–Kier alpha value is -3.47. The van der Waals surface area contributed by atoms with Gasteiger partial charge in [-0.15, -0.1) is 0 Å². The van der Waals surface area contributed by atoms with Crippen LogP contribution in [0.1, 0.15) is 77.6 Å². The second-order valence-electron chi connectivity index (χ2n) is 11.9. The maximum Gasteiger partial charge on any atom is 0.410 e. The fourth-order valence-electron chi connectivity index (χ4n) is 4.89. The molecule has 2 N–H and O–H groups in total. The van der Waals surface area contributed by atoms with Gasteiger partial charge in [0, 0.05) is 31.1 Å². The molecule has 3 aromatic rings. The Bertz CT molecular complexity index is 1390. The molecule has 1 atom stereocenters. The van der Waals surface area contributed by atoms with Gasteiger partial charge in [-0.1, -0.05) is 0 Å². The highest BCUT2D eigenvalue weighted by Crippen LogP contribution is 2.44. The number of aliphatic hydroxyl groups is 1. The van der Waals surface area contributed by atoms with Crippen molar-refractivity contribution in [3.05, 3.63) is 35.4 Å². The third-order valence-electron chi connectivity index (χ3n) is 6.87. The number of anilines is 1. The number of halogens is 1. The molecular formula is C28H37FN6O4. The number of hydrogen-bond donors (Lipinski definition) is 2. The van der Waals surface area contributed by atoms with E-state index in [-0.39, 0.29) is 18.0 Å². The number of nitrogens with one attached hydrogen (secondary N) is 1. The lowest BCUT2D eigenvalue weighted by molar-refractivity contribution is 0.0206. The molecule has 210 valence electrons. The van der Waals surface area contributed by atoms with E-state index in [9.17, 15) is 9.90 Å². The van der Waals surface area contributed by atoms with Crippen molar-refractivity contribution >= 4 is 17.6 Å². The Kier molecular flexibility index (Phi) is 6.90. The fourth-order valence-corrected chi connectivity index (χ4v) is 4.89. The molecular weight excluding hydrogens is 503 g/mol. The molecule has 0 radical (unpaired) electrons. The minimum Gasteiger partial charge on any atom is -0.495 e. The molecule has 1 aliphatic carbocycles. The van der Waals surface area contributed by atoms with Crippen molar-refractivity contribution < 1.29 is 23.8 Å². The molecule has 1 aliphatic heterocycles. The zero-order chi connectivity index (χ0) is 28.1. The monoisotopic (exact) mass is 540 g/mol. The molecule has 2 aliphatic rings. The molecule has 1 saturated carbocycles. The van der Waals surface area contributed by atoms with Gasteiger partial charge in [0.15, 0.2) is 17.3 Å². The summed E-state index contributed by atoms with van der Waals surface area (Å²) in [6, 6.07) is 4.52. The Morgan fingerprint density at radius 2 is 1.90 bits per heavy atom. The van der Waals surface area contributed by atoms with Gasteiger partial charge < -0.3 is 24.8 Å². The summed E-state index contributed by atoms with van der Waals surface area (Å²) >= 11 is 0. The molecule has 1 unspecified atom stereocenters. The average molecular weight is 541 g/mol. The number of pyridine rings is 1. The normalized spacial score (nSPS) is 18.4. The van der Waals surface area contributed by atoms with Crippen LogP contribution in [0.3, 0.4) is 0 Å². The molecule has 1 amide bonds. The average Bonchev–Trinajstić information content (AvgIpc) is 3.63. The van der Waals surface area contributed by atoms with E-state index < -0.39 is 17.0 Å². The van der Waals surface area contributed by atoms with Gasteiger partial charge in [0.25, 0.3) is 0 Å². The number of hydrogen-bond acceptors (Lipinski definition) is 8. The van der Waals surface area contributed by atoms with Crippen molar-refractivity contribution in [3.63, 3.8) is 0 Å². The van der Waals surface area contributed by atoms with Crippen molar-refractivity contribution in [1.82, 2.24) is 24.5 Å². The van der Waals surface area contributed by atoms with Crippen molar-refractivity contribution in [2.45, 2.75) is 83.5 Å². The van der Waals surface area contributed by atoms with Gasteiger partial charge in [0.2, 0.25) is 0 Å². The Labute approximate surface area is 227 Å². The first-order chi connectivity index (χ1) is 18.3. The van der Waals surface area contributed by atoms with Crippen molar-refractivity contribution in [2.24, 2.45) is 0 Å². The summed E-state index contributed by atoms with van der Waals surface area (Å²) in [6.07, 6.45) is 3.18. The van der Waals surface area contributed by atoms with E-state index in [1.54, 1.807) is 36.4 Å². The Morgan fingerprint density at radius 1 is 1.15 bits per heavy atom. The highest BCUT2D eigenvalue weighted by molar-refractivity contribution is 5.69. The van der Waals surface area contributed by atoms with Crippen molar-refractivity contribution in [3.8, 4) is 17.1 Å². The van der Waals surface area contributed by atoms with Gasteiger partial charge >= 0.3 is 6.09 Å². The second-order valence-corrected chi connectivity index (χ2v) is 11.9. The van der Waals surface area contributed by atoms with E-state index in [1.165, 1.54) is 6.07 Å². The van der Waals surface area contributed by atoms with E-state index in [0.29, 0.717) is 47.5 Å². The SMILES string of the molecule is COc1cc2nc(C(C)(C)O)c(-c3ccc(F)c(NC4CCCN(C(=O)OC(C)(C)C)C4)n3)n2nc1C1CC1. The van der Waals surface area contributed by atoms with Crippen LogP contribution in [0.25, 0.3) is 17.0 Å². The minimum atomic E-state index is -1.31. The number of piperidine rings is 1. The summed E-state index contributed by atoms with van der Waals surface area (Å²) in [5.74, 6) is 0.518. The topological polar surface area (TPSA) is 114 Å². The summed E-state index contributed by atoms with van der Waals surface area (Å²) in [5.41, 5.74) is 0.718. The van der Waals surface area contributed by atoms with E-state index >= 15 is 4.39 Å². The van der Waals surface area contributed by atoms with Crippen LogP contribution in [0, 0.1) is 5.82 Å². The number of carbonyl (C=O) groups excluding carboxylic acids is 1. The van der Waals surface area contributed by atoms with Crippen LogP contribution in [0.15, 0.2) is 18.2 Å². The number of imidazole rings is 1. The molecule has 11 heteroatoms. The lowest BCUT2D eigenvalue weighted by atomic mass is 10.0. The molecule has 10 nitrogen and oxygen atoms in total. The zero-order valence-electron chi connectivity index (χ0n) is 23.4. The largest absolute Gasteiger partial charge is 0.495 e. The number of ether oxygens (including phenoxy) is 2. The Balaban J connectivity index is 1.49. The van der Waals surface area contributed by atoms with Gasteiger partial charge in [-0.05, 0) is 72.4 Å². The number of carbonyl (C=O) groups is 1. The summed E-state index contributed by atoms with van der Waals surface area (Å²) in [4.78, 5) is 23.6. The van der Waals surface area contributed by atoms with Crippen LogP contribution < -0.4 is 10.1 Å². The highest BCUT2D eigenvalue weighted by Gasteiger charge is 2.33. The summed E-state index contributed by atoms with van der Waals surface area (Å²) < 4.78 is 27.8. The van der Waals surface area contributed by atoms with E-state index in [2.05, 4.69) is 15.3 Å². The predicted octanol–water partition coefficient (Wildman–Crippen LogP) is 4.86. The van der Waals surface area contributed by atoms with Crippen LogP contribution in [-0.4, -0.2) is 67.5 Å². The van der Waals surface area contributed by atoms with Crippen LogP contribution in [0.4, 0.5) is 15.0 Å². The van der Waals surface area contributed by atoms with Crippen molar-refractivity contribution in [1.29, 1.82) is 0 Å². The molecule has 39 heavy (non-hydrogen) atoms. The number of fused-ring (bicyclic) bond motifs is 1. The summed E-state index contributed by atoms with van der Waals surface area (Å²) in [6.45, 7) is 9.73. The van der Waals surface area contributed by atoms with Gasteiger partial charge in [-0.2, -0.15) is 5.10 Å². The zero-order valence-corrected chi connectivity index (χ0v) is 23.4. The molecule has 0 spiro atoms. The Morgan fingerprint density at radius 3 is 2.54 bits per heavy atom. The maximum atomic E-state index is 15.0. The lowest BCUT2D eigenvalue weighted by Gasteiger charge is -2.34. The van der Waals surface area contributed by atoms with Crippen molar-refractivity contribution in [2.75, 3.05) is 25.5 Å².